The van der Waals surface area contributed by atoms with Crippen molar-refractivity contribution in [1.82, 2.24) is 9.36 Å². The van der Waals surface area contributed by atoms with Crippen LogP contribution in [0.1, 0.15) is 9.88 Å². The van der Waals surface area contributed by atoms with Gasteiger partial charge in [-0.15, -0.1) is 11.3 Å². The highest BCUT2D eigenvalue weighted by atomic mass is 32.1. The summed E-state index contributed by atoms with van der Waals surface area (Å²) in [5.41, 5.74) is 5.50. The maximum Gasteiger partial charge on any atom is 0.139 e. The average molecular weight is 226 g/mol. The molecule has 0 aliphatic rings. The molecular weight excluding hydrogens is 216 g/mol. The van der Waals surface area contributed by atoms with Gasteiger partial charge in [-0.25, -0.2) is 4.98 Å². The van der Waals surface area contributed by atoms with Gasteiger partial charge in [0.05, 0.1) is 6.54 Å². The van der Waals surface area contributed by atoms with E-state index in [0.717, 1.165) is 16.6 Å². The zero-order chi connectivity index (χ0) is 9.97. The van der Waals surface area contributed by atoms with Gasteiger partial charge < -0.3 is 11.1 Å². The Hall–Kier alpha value is -1.14. The number of hydrogen-bond donors (Lipinski definition) is 2. The van der Waals surface area contributed by atoms with E-state index in [1.165, 1.54) is 16.4 Å². The molecule has 0 radical (unpaired) electrons. The molecule has 0 aliphatic heterocycles. The number of anilines is 2. The van der Waals surface area contributed by atoms with E-state index in [9.17, 15) is 0 Å². The number of aromatic nitrogens is 2. The van der Waals surface area contributed by atoms with Crippen molar-refractivity contribution in [3.63, 3.8) is 0 Å². The first-order valence-corrected chi connectivity index (χ1v) is 5.70. The Kier molecular flexibility index (Phi) is 2.64. The molecule has 2 rings (SSSR count). The van der Waals surface area contributed by atoms with Gasteiger partial charge in [0, 0.05) is 17.1 Å². The fraction of sp³-hybridized carbons (Fsp3) is 0.250. The lowest BCUT2D eigenvalue weighted by Crippen LogP contribution is -1.96. The third kappa shape index (κ3) is 2.21. The Morgan fingerprint density at radius 1 is 1.57 bits per heavy atom. The number of nitrogens with two attached hydrogens (primary N) is 1. The van der Waals surface area contributed by atoms with Crippen LogP contribution in [0.15, 0.2) is 12.3 Å². The van der Waals surface area contributed by atoms with Gasteiger partial charge in [0.2, 0.25) is 0 Å². The van der Waals surface area contributed by atoms with Crippen molar-refractivity contribution in [3.05, 3.63) is 22.1 Å². The Balaban J connectivity index is 1.94. The van der Waals surface area contributed by atoms with Gasteiger partial charge in [-0.3, -0.25) is 0 Å². The molecule has 0 aromatic carbocycles. The lowest BCUT2D eigenvalue weighted by molar-refractivity contribution is 1.11. The highest BCUT2D eigenvalue weighted by Gasteiger charge is 2.00. The zero-order valence-corrected chi connectivity index (χ0v) is 9.28. The molecule has 14 heavy (non-hydrogen) atoms. The number of nitrogen functional groups attached to an aromatic ring is 1. The zero-order valence-electron chi connectivity index (χ0n) is 7.65. The highest BCUT2D eigenvalue weighted by Crippen LogP contribution is 2.19. The molecular formula is C8H10N4S2. The van der Waals surface area contributed by atoms with Gasteiger partial charge in [-0.1, -0.05) is 0 Å². The van der Waals surface area contributed by atoms with E-state index in [4.69, 9.17) is 5.73 Å². The molecule has 0 saturated heterocycles. The van der Waals surface area contributed by atoms with Crippen molar-refractivity contribution in [3.8, 4) is 0 Å². The first-order chi connectivity index (χ1) is 6.74. The lowest BCUT2D eigenvalue weighted by atomic mass is 10.6. The summed E-state index contributed by atoms with van der Waals surface area (Å²) in [5, 5.41) is 5.28. The number of nitrogens with zero attached hydrogens (tertiary/aromatic N) is 2. The lowest BCUT2D eigenvalue weighted by Gasteiger charge is -1.97. The maximum atomic E-state index is 5.50. The van der Waals surface area contributed by atoms with Crippen LogP contribution in [-0.4, -0.2) is 9.36 Å². The first kappa shape index (κ1) is 9.42. The number of aryl methyl sites for hydroxylation is 1. The van der Waals surface area contributed by atoms with E-state index in [1.807, 2.05) is 19.2 Å². The predicted molar refractivity (Wildman–Crippen MR) is 60.7 cm³/mol. The van der Waals surface area contributed by atoms with Crippen LogP contribution in [0, 0.1) is 6.92 Å². The molecule has 0 aliphatic carbocycles. The molecule has 6 heteroatoms. The van der Waals surface area contributed by atoms with Crippen LogP contribution in [-0.2, 0) is 6.54 Å². The summed E-state index contributed by atoms with van der Waals surface area (Å²) >= 11 is 3.06. The number of rotatable bonds is 3. The number of thiazole rings is 1. The molecule has 0 fully saturated rings. The Morgan fingerprint density at radius 2 is 2.43 bits per heavy atom. The maximum absolute atomic E-state index is 5.50. The van der Waals surface area contributed by atoms with Crippen LogP contribution in [0.3, 0.4) is 0 Å². The number of hydrogen-bond acceptors (Lipinski definition) is 6. The van der Waals surface area contributed by atoms with Gasteiger partial charge in [0.25, 0.3) is 0 Å². The molecule has 74 valence electrons. The molecule has 2 aromatic rings. The van der Waals surface area contributed by atoms with Crippen LogP contribution in [0.4, 0.5) is 10.8 Å². The number of nitrogens with one attached hydrogen (secondary N) is 1. The summed E-state index contributed by atoms with van der Waals surface area (Å²) in [4.78, 5) is 5.47. The third-order valence-corrected chi connectivity index (χ3v) is 3.29. The third-order valence-electron chi connectivity index (χ3n) is 1.61. The second-order valence-electron chi connectivity index (χ2n) is 2.83. The van der Waals surface area contributed by atoms with E-state index >= 15 is 0 Å². The summed E-state index contributed by atoms with van der Waals surface area (Å²) < 4.78 is 3.97. The molecule has 2 aromatic heterocycles. The van der Waals surface area contributed by atoms with Crippen molar-refractivity contribution >= 4 is 33.7 Å². The molecule has 4 nitrogen and oxygen atoms in total. The van der Waals surface area contributed by atoms with E-state index in [-0.39, 0.29) is 0 Å². The predicted octanol–water partition coefficient (Wildman–Crippen LogP) is 2.10. The Morgan fingerprint density at radius 3 is 3.00 bits per heavy atom. The van der Waals surface area contributed by atoms with Crippen LogP contribution in [0.2, 0.25) is 0 Å². The smallest absolute Gasteiger partial charge is 0.139 e. The molecule has 0 bridgehead atoms. The van der Waals surface area contributed by atoms with E-state index < -0.39 is 0 Å². The standard InChI is InChI=1S/C8H10N4S2/c1-5-3-10-8(13-5)4-11-7-2-6(9)12-14-7/h2-3,11H,4H2,1H3,(H2,9,12). The van der Waals surface area contributed by atoms with Crippen LogP contribution < -0.4 is 11.1 Å². The minimum atomic E-state index is 0.563. The SMILES string of the molecule is Cc1cnc(CNc2cc(N)ns2)s1. The highest BCUT2D eigenvalue weighted by molar-refractivity contribution is 7.11. The molecule has 0 amide bonds. The van der Waals surface area contributed by atoms with Crippen molar-refractivity contribution in [2.75, 3.05) is 11.1 Å². The van der Waals surface area contributed by atoms with Gasteiger partial charge in [-0.05, 0) is 18.5 Å². The van der Waals surface area contributed by atoms with Gasteiger partial charge in [0.1, 0.15) is 15.8 Å². The molecule has 0 atom stereocenters. The summed E-state index contributed by atoms with van der Waals surface area (Å²) in [6.07, 6.45) is 1.88. The van der Waals surface area contributed by atoms with Gasteiger partial charge in [0.15, 0.2) is 0 Å². The summed E-state index contributed by atoms with van der Waals surface area (Å²) in [5.74, 6) is 0.563. The van der Waals surface area contributed by atoms with Crippen molar-refractivity contribution in [2.45, 2.75) is 13.5 Å². The van der Waals surface area contributed by atoms with Gasteiger partial charge in [-0.2, -0.15) is 4.37 Å². The van der Waals surface area contributed by atoms with Gasteiger partial charge >= 0.3 is 0 Å². The molecule has 2 heterocycles. The van der Waals surface area contributed by atoms with Crippen LogP contribution in [0.5, 0.6) is 0 Å². The minimum absolute atomic E-state index is 0.563. The largest absolute Gasteiger partial charge is 0.383 e. The first-order valence-electron chi connectivity index (χ1n) is 4.11. The summed E-state index contributed by atoms with van der Waals surface area (Å²) in [6.45, 7) is 2.78. The second-order valence-corrected chi connectivity index (χ2v) is 4.96. The van der Waals surface area contributed by atoms with E-state index in [0.29, 0.717) is 5.82 Å². The topological polar surface area (TPSA) is 63.8 Å². The fourth-order valence-electron chi connectivity index (χ4n) is 1.02. The summed E-state index contributed by atoms with van der Waals surface area (Å²) in [7, 11) is 0. The molecule has 0 spiro atoms. The monoisotopic (exact) mass is 226 g/mol. The Bertz CT molecular complexity index is 380. The van der Waals surface area contributed by atoms with Crippen LogP contribution in [0.25, 0.3) is 0 Å². The minimum Gasteiger partial charge on any atom is -0.383 e. The van der Waals surface area contributed by atoms with E-state index in [1.54, 1.807) is 11.3 Å². The van der Waals surface area contributed by atoms with Crippen LogP contribution >= 0.6 is 22.9 Å². The fourth-order valence-corrected chi connectivity index (χ4v) is 2.31. The summed E-state index contributed by atoms with van der Waals surface area (Å²) in [6, 6.07) is 1.82. The molecule has 0 saturated carbocycles. The van der Waals surface area contributed by atoms with Crippen molar-refractivity contribution < 1.29 is 0 Å². The molecule has 3 N–H and O–H groups in total. The van der Waals surface area contributed by atoms with E-state index in [2.05, 4.69) is 14.7 Å². The molecule has 0 unspecified atom stereocenters. The normalized spacial score (nSPS) is 10.4. The quantitative estimate of drug-likeness (QED) is 0.841. The van der Waals surface area contributed by atoms with Crippen molar-refractivity contribution in [1.29, 1.82) is 0 Å². The second kappa shape index (κ2) is 3.93. The Labute approximate surface area is 90.0 Å². The van der Waals surface area contributed by atoms with Crippen molar-refractivity contribution in [2.24, 2.45) is 0 Å². The average Bonchev–Trinajstić information content (AvgIpc) is 2.72.